The lowest BCUT2D eigenvalue weighted by atomic mass is 10.1. The van der Waals surface area contributed by atoms with Crippen molar-refractivity contribution in [2.45, 2.75) is 20.0 Å². The van der Waals surface area contributed by atoms with Crippen LogP contribution < -0.4 is 21.8 Å². The molecule has 2 amide bonds. The van der Waals surface area contributed by atoms with Crippen molar-refractivity contribution < 1.29 is 19.5 Å². The Kier molecular flexibility index (Phi) is 11.6. The number of carbonyl (C=O) groups is 2. The Morgan fingerprint density at radius 2 is 1.65 bits per heavy atom. The third-order valence-corrected chi connectivity index (χ3v) is 4.23. The summed E-state index contributed by atoms with van der Waals surface area (Å²) in [6.45, 7) is 2.11. The van der Waals surface area contributed by atoms with Crippen LogP contribution in [0.2, 0.25) is 0 Å². The van der Waals surface area contributed by atoms with E-state index in [1.54, 1.807) is 31.4 Å². The predicted octanol–water partition coefficient (Wildman–Crippen LogP) is 1.02. The number of nitrogens with one attached hydrogen (secondary N) is 3. The molecule has 0 heterocycles. The van der Waals surface area contributed by atoms with Crippen LogP contribution in [0.15, 0.2) is 48.5 Å². The van der Waals surface area contributed by atoms with Crippen molar-refractivity contribution in [1.29, 1.82) is 0 Å². The van der Waals surface area contributed by atoms with Crippen LogP contribution >= 0.6 is 0 Å². The maximum absolute atomic E-state index is 12.2. The molecule has 166 valence electrons. The zero-order chi connectivity index (χ0) is 21.8. The summed E-state index contributed by atoms with van der Waals surface area (Å²) in [5, 5.41) is 14.4. The van der Waals surface area contributed by atoms with Gasteiger partial charge in [-0.15, -0.1) is 0 Å². The third-order valence-electron chi connectivity index (χ3n) is 4.23. The molecule has 0 bridgehead atoms. The van der Waals surface area contributed by atoms with E-state index in [1.807, 2.05) is 24.3 Å². The minimum Gasteiger partial charge on any atom is -0.383 e. The Hall–Kier alpha value is -3.22. The van der Waals surface area contributed by atoms with Gasteiger partial charge in [-0.25, -0.2) is 5.48 Å². The van der Waals surface area contributed by atoms with Gasteiger partial charge >= 0.3 is 0 Å². The second kappa shape index (κ2) is 13.9. The van der Waals surface area contributed by atoms with Gasteiger partial charge in [0.15, 0.2) is 0 Å². The van der Waals surface area contributed by atoms with E-state index < -0.39 is 17.9 Å². The Bertz CT molecular complexity index is 887. The van der Waals surface area contributed by atoms with Crippen molar-refractivity contribution >= 4 is 11.8 Å². The van der Waals surface area contributed by atoms with Crippen LogP contribution in [0, 0.1) is 11.8 Å². The lowest BCUT2D eigenvalue weighted by molar-refractivity contribution is -0.130. The Labute approximate surface area is 183 Å². The van der Waals surface area contributed by atoms with Crippen molar-refractivity contribution in [3.63, 3.8) is 0 Å². The molecule has 0 aliphatic carbocycles. The quantitative estimate of drug-likeness (QED) is 0.176. The molecule has 6 N–H and O–H groups in total. The molecule has 0 saturated carbocycles. The van der Waals surface area contributed by atoms with Crippen LogP contribution in [0.3, 0.4) is 0 Å². The van der Waals surface area contributed by atoms with Crippen molar-refractivity contribution in [2.24, 2.45) is 5.73 Å². The van der Waals surface area contributed by atoms with Crippen molar-refractivity contribution in [2.75, 3.05) is 26.8 Å². The number of methoxy groups -OCH3 is 1. The molecule has 2 rings (SSSR count). The van der Waals surface area contributed by atoms with Gasteiger partial charge in [-0.3, -0.25) is 14.8 Å². The first-order chi connectivity index (χ1) is 14.6. The van der Waals surface area contributed by atoms with Gasteiger partial charge in [0.1, 0.15) is 6.04 Å². The number of rotatable bonds is 9. The molecular weight excluding hydrogens is 396 g/mol. The highest BCUT2D eigenvalue weighted by Gasteiger charge is 2.19. The van der Waals surface area contributed by atoms with E-state index in [0.29, 0.717) is 12.2 Å². The molecule has 1 atom stereocenters. The second-order valence-corrected chi connectivity index (χ2v) is 6.43. The molecule has 2 aromatic carbocycles. The molecule has 0 spiro atoms. The first-order valence-corrected chi connectivity index (χ1v) is 9.43. The molecule has 2 aromatic rings. The maximum Gasteiger partial charge on any atom is 0.267 e. The van der Waals surface area contributed by atoms with Gasteiger partial charge in [0.2, 0.25) is 0 Å². The number of carbonyl (C=O) groups excluding carboxylic acids is 2. The number of nitrogens with two attached hydrogens (primary N) is 1. The summed E-state index contributed by atoms with van der Waals surface area (Å²) in [5.74, 6) is 4.90. The van der Waals surface area contributed by atoms with E-state index in [4.69, 9.17) is 15.7 Å². The molecule has 0 saturated heterocycles. The minimum absolute atomic E-state index is 0. The zero-order valence-electron chi connectivity index (χ0n) is 16.8. The minimum atomic E-state index is -1.01. The molecule has 0 radical (unpaired) electrons. The molecule has 0 aromatic heterocycles. The maximum atomic E-state index is 12.2. The lowest BCUT2D eigenvalue weighted by Gasteiger charge is -2.14. The normalized spacial score (nSPS) is 10.8. The predicted molar refractivity (Wildman–Crippen MR) is 119 cm³/mol. The average molecular weight is 427 g/mol. The fourth-order valence-electron chi connectivity index (χ4n) is 2.51. The number of hydrogen-bond acceptors (Lipinski definition) is 6. The van der Waals surface area contributed by atoms with E-state index in [0.717, 1.165) is 29.8 Å². The van der Waals surface area contributed by atoms with Gasteiger partial charge in [0, 0.05) is 43.4 Å². The lowest BCUT2D eigenvalue weighted by Crippen LogP contribution is -2.50. The number of ether oxygens (including phenoxy) is 1. The summed E-state index contributed by atoms with van der Waals surface area (Å²) in [6, 6.07) is 13.6. The number of benzene rings is 2. The first kappa shape index (κ1) is 25.8. The smallest absolute Gasteiger partial charge is 0.267 e. The average Bonchev–Trinajstić information content (AvgIpc) is 2.79. The van der Waals surface area contributed by atoms with Gasteiger partial charge < -0.3 is 21.1 Å². The zero-order valence-corrected chi connectivity index (χ0v) is 16.8. The topological polar surface area (TPSA) is 126 Å². The summed E-state index contributed by atoms with van der Waals surface area (Å²) >= 11 is 0. The molecule has 8 heteroatoms. The number of amides is 2. The van der Waals surface area contributed by atoms with Gasteiger partial charge in [0.25, 0.3) is 11.8 Å². The van der Waals surface area contributed by atoms with Crippen LogP contribution in [0.25, 0.3) is 0 Å². The summed E-state index contributed by atoms with van der Waals surface area (Å²) in [5.41, 5.74) is 10.1. The number of hydroxylamine groups is 1. The molecule has 0 aliphatic rings. The molecule has 0 fully saturated rings. The Balaban J connectivity index is 0.00000480. The van der Waals surface area contributed by atoms with E-state index in [-0.39, 0.29) is 14.0 Å². The van der Waals surface area contributed by atoms with E-state index in [1.165, 1.54) is 5.48 Å². The highest BCUT2D eigenvalue weighted by atomic mass is 16.5. The molecule has 0 aliphatic heterocycles. The number of hydrogen-bond donors (Lipinski definition) is 5. The van der Waals surface area contributed by atoms with Gasteiger partial charge in [-0.1, -0.05) is 31.4 Å². The summed E-state index contributed by atoms with van der Waals surface area (Å²) in [6.07, 6.45) is 0. The van der Waals surface area contributed by atoms with Gasteiger partial charge in [-0.2, -0.15) is 0 Å². The SMILES string of the molecule is C.COCCNCc1ccc(C#Cc2ccc(C(=O)N[C@@H](CN)C(=O)NO)cc2)cc1. The Morgan fingerprint density at radius 3 is 2.16 bits per heavy atom. The van der Waals surface area contributed by atoms with Crippen molar-refractivity contribution in [3.05, 3.63) is 70.8 Å². The van der Waals surface area contributed by atoms with Crippen molar-refractivity contribution in [1.82, 2.24) is 16.1 Å². The molecule has 31 heavy (non-hydrogen) atoms. The highest BCUT2D eigenvalue weighted by Crippen LogP contribution is 2.06. The van der Waals surface area contributed by atoms with Crippen LogP contribution in [-0.2, 0) is 16.1 Å². The molecule has 0 unspecified atom stereocenters. The first-order valence-electron chi connectivity index (χ1n) is 9.43. The molecule has 8 nitrogen and oxygen atoms in total. The third kappa shape index (κ3) is 8.58. The van der Waals surface area contributed by atoms with Crippen LogP contribution in [-0.4, -0.2) is 49.9 Å². The summed E-state index contributed by atoms with van der Waals surface area (Å²) < 4.78 is 5.00. The highest BCUT2D eigenvalue weighted by molar-refractivity contribution is 5.97. The monoisotopic (exact) mass is 426 g/mol. The van der Waals surface area contributed by atoms with Crippen LogP contribution in [0.1, 0.15) is 34.5 Å². The van der Waals surface area contributed by atoms with E-state index >= 15 is 0 Å². The van der Waals surface area contributed by atoms with Gasteiger partial charge in [-0.05, 0) is 42.0 Å². The standard InChI is InChI=1S/C22H26N4O4.CH4/c1-30-13-12-24-15-18-6-4-16(5-7-18)2-3-17-8-10-19(11-9-17)21(27)25-20(14-23)22(28)26-29;/h4-11,20,24,29H,12-15,23H2,1H3,(H,25,27)(H,26,28);1H4/t20-;/m0./s1. The van der Waals surface area contributed by atoms with Crippen molar-refractivity contribution in [3.8, 4) is 11.8 Å². The largest absolute Gasteiger partial charge is 0.383 e. The second-order valence-electron chi connectivity index (χ2n) is 6.43. The van der Waals surface area contributed by atoms with E-state index in [9.17, 15) is 9.59 Å². The summed E-state index contributed by atoms with van der Waals surface area (Å²) in [4.78, 5) is 23.6. The van der Waals surface area contributed by atoms with Crippen LogP contribution in [0.5, 0.6) is 0 Å². The van der Waals surface area contributed by atoms with E-state index in [2.05, 4.69) is 22.5 Å². The Morgan fingerprint density at radius 1 is 1.06 bits per heavy atom. The summed E-state index contributed by atoms with van der Waals surface area (Å²) in [7, 11) is 1.67. The van der Waals surface area contributed by atoms with Crippen LogP contribution in [0.4, 0.5) is 0 Å². The molecular formula is C23H30N4O4. The fraction of sp³-hybridized carbons (Fsp3) is 0.304. The van der Waals surface area contributed by atoms with Gasteiger partial charge in [0.05, 0.1) is 6.61 Å². The fourth-order valence-corrected chi connectivity index (χ4v) is 2.51.